The van der Waals surface area contributed by atoms with Crippen molar-refractivity contribution >= 4 is 0 Å². The van der Waals surface area contributed by atoms with E-state index in [9.17, 15) is 0 Å². The first-order valence-electron chi connectivity index (χ1n) is 9.46. The summed E-state index contributed by atoms with van der Waals surface area (Å²) >= 11 is 0. The Bertz CT molecular complexity index is 490. The predicted octanol–water partition coefficient (Wildman–Crippen LogP) is 1.32. The van der Waals surface area contributed by atoms with Crippen molar-refractivity contribution in [2.75, 3.05) is 59.0 Å². The summed E-state index contributed by atoms with van der Waals surface area (Å²) in [7, 11) is 0. The predicted molar refractivity (Wildman–Crippen MR) is 97.4 cm³/mol. The summed E-state index contributed by atoms with van der Waals surface area (Å²) in [6, 6.07) is 2.77. The Morgan fingerprint density at radius 2 is 2.04 bits per heavy atom. The second-order valence-electron chi connectivity index (χ2n) is 7.10. The molecular weight excluding hydrogens is 300 g/mol. The Kier molecular flexibility index (Phi) is 7.02. The highest BCUT2D eigenvalue weighted by molar-refractivity contribution is 5.21. The zero-order chi connectivity index (χ0) is 16.6. The maximum absolute atomic E-state index is 5.41. The van der Waals surface area contributed by atoms with Crippen LogP contribution in [0.4, 0.5) is 0 Å². The van der Waals surface area contributed by atoms with Gasteiger partial charge in [0, 0.05) is 51.2 Å². The molecule has 3 rings (SSSR count). The summed E-state index contributed by atoms with van der Waals surface area (Å²) in [5, 5.41) is 3.74. The molecule has 0 aromatic carbocycles. The fraction of sp³-hybridized carbons (Fsp3) is 0.737. The average Bonchev–Trinajstić information content (AvgIpc) is 3.07. The van der Waals surface area contributed by atoms with Gasteiger partial charge in [0.1, 0.15) is 0 Å². The van der Waals surface area contributed by atoms with Crippen LogP contribution in [0.25, 0.3) is 0 Å². The number of nitrogens with one attached hydrogen (secondary N) is 1. The van der Waals surface area contributed by atoms with Crippen LogP contribution in [-0.2, 0) is 11.2 Å². The summed E-state index contributed by atoms with van der Waals surface area (Å²) in [6.45, 7) is 12.1. The van der Waals surface area contributed by atoms with Gasteiger partial charge in [-0.1, -0.05) is 0 Å². The third-order valence-electron chi connectivity index (χ3n) is 5.31. The van der Waals surface area contributed by atoms with Gasteiger partial charge in [-0.2, -0.15) is 0 Å². The van der Waals surface area contributed by atoms with Gasteiger partial charge in [-0.15, -0.1) is 0 Å². The smallest absolute Gasteiger partial charge is 0.0594 e. The Morgan fingerprint density at radius 3 is 2.88 bits per heavy atom. The van der Waals surface area contributed by atoms with Gasteiger partial charge in [-0.25, -0.2) is 0 Å². The number of hydrogen-bond donors (Lipinski definition) is 1. The minimum absolute atomic E-state index is 0.671. The van der Waals surface area contributed by atoms with E-state index in [1.165, 1.54) is 50.1 Å². The summed E-state index contributed by atoms with van der Waals surface area (Å²) in [5.41, 5.74) is 2.75. The van der Waals surface area contributed by atoms with Gasteiger partial charge in [-0.05, 0) is 56.5 Å². The van der Waals surface area contributed by atoms with Crippen LogP contribution >= 0.6 is 0 Å². The third-order valence-corrected chi connectivity index (χ3v) is 5.31. The monoisotopic (exact) mass is 332 g/mol. The molecule has 0 aliphatic carbocycles. The van der Waals surface area contributed by atoms with E-state index in [-0.39, 0.29) is 0 Å². The molecule has 1 aromatic heterocycles. The van der Waals surface area contributed by atoms with Crippen molar-refractivity contribution in [2.24, 2.45) is 0 Å². The second kappa shape index (κ2) is 9.47. The summed E-state index contributed by atoms with van der Waals surface area (Å²) in [5.74, 6) is 0. The fourth-order valence-corrected chi connectivity index (χ4v) is 3.65. The van der Waals surface area contributed by atoms with Gasteiger partial charge in [0.25, 0.3) is 0 Å². The zero-order valence-electron chi connectivity index (χ0n) is 15.0. The number of aromatic nitrogens is 1. The molecule has 0 bridgehead atoms. The van der Waals surface area contributed by atoms with Gasteiger partial charge in [-0.3, -0.25) is 9.88 Å². The van der Waals surface area contributed by atoms with E-state index in [1.807, 2.05) is 12.4 Å². The highest BCUT2D eigenvalue weighted by Gasteiger charge is 2.22. The first-order chi connectivity index (χ1) is 11.8. The number of nitrogens with zero attached hydrogens (tertiary/aromatic N) is 3. The number of aryl methyl sites for hydroxylation is 2. The van der Waals surface area contributed by atoms with E-state index in [1.54, 1.807) is 0 Å². The van der Waals surface area contributed by atoms with Crippen molar-refractivity contribution in [3.05, 3.63) is 29.6 Å². The SMILES string of the molecule is Cc1ccncc1CCCNC1CCN(CCN2CCOCC2)C1. The first-order valence-corrected chi connectivity index (χ1v) is 9.46. The lowest BCUT2D eigenvalue weighted by molar-refractivity contribution is 0.0343. The number of rotatable bonds is 8. The van der Waals surface area contributed by atoms with Crippen LogP contribution in [0.1, 0.15) is 24.0 Å². The van der Waals surface area contributed by atoms with Gasteiger partial charge in [0.15, 0.2) is 0 Å². The lowest BCUT2D eigenvalue weighted by Gasteiger charge is -2.28. The molecule has 1 atom stereocenters. The van der Waals surface area contributed by atoms with Crippen molar-refractivity contribution in [1.82, 2.24) is 20.1 Å². The van der Waals surface area contributed by atoms with Gasteiger partial charge in [0.05, 0.1) is 13.2 Å². The first kappa shape index (κ1) is 17.8. The molecule has 0 amide bonds. The Hall–Kier alpha value is -1.01. The van der Waals surface area contributed by atoms with Gasteiger partial charge < -0.3 is 15.0 Å². The van der Waals surface area contributed by atoms with Crippen LogP contribution in [0.3, 0.4) is 0 Å². The van der Waals surface area contributed by atoms with Gasteiger partial charge in [0.2, 0.25) is 0 Å². The van der Waals surface area contributed by atoms with E-state index in [2.05, 4.69) is 33.1 Å². The molecule has 1 aromatic rings. The minimum Gasteiger partial charge on any atom is -0.379 e. The van der Waals surface area contributed by atoms with Crippen LogP contribution in [-0.4, -0.2) is 79.9 Å². The third kappa shape index (κ3) is 5.52. The second-order valence-corrected chi connectivity index (χ2v) is 7.10. The Labute approximate surface area is 146 Å². The summed E-state index contributed by atoms with van der Waals surface area (Å²) in [6.07, 6.45) is 7.49. The number of ether oxygens (including phenoxy) is 1. The molecule has 5 heteroatoms. The topological polar surface area (TPSA) is 40.6 Å². The van der Waals surface area contributed by atoms with Crippen LogP contribution in [0.5, 0.6) is 0 Å². The normalized spacial score (nSPS) is 23.0. The molecule has 2 aliphatic heterocycles. The molecule has 2 saturated heterocycles. The fourth-order valence-electron chi connectivity index (χ4n) is 3.65. The number of morpholine rings is 1. The average molecular weight is 332 g/mol. The molecule has 0 spiro atoms. The maximum Gasteiger partial charge on any atom is 0.0594 e. The molecule has 1 N–H and O–H groups in total. The van der Waals surface area contributed by atoms with Crippen molar-refractivity contribution in [3.63, 3.8) is 0 Å². The maximum atomic E-state index is 5.41. The highest BCUT2D eigenvalue weighted by atomic mass is 16.5. The van der Waals surface area contributed by atoms with E-state index in [0.717, 1.165) is 39.3 Å². The standard InChI is InChI=1S/C19H32N4O/c1-17-4-7-20-15-18(17)3-2-6-21-19-5-8-23(16-19)10-9-22-11-13-24-14-12-22/h4,7,15,19,21H,2-3,5-6,8-14,16H2,1H3. The van der Waals surface area contributed by atoms with E-state index in [4.69, 9.17) is 4.74 Å². The molecule has 24 heavy (non-hydrogen) atoms. The van der Waals surface area contributed by atoms with Crippen LogP contribution in [0.2, 0.25) is 0 Å². The molecule has 0 radical (unpaired) electrons. The largest absolute Gasteiger partial charge is 0.379 e. The zero-order valence-corrected chi connectivity index (χ0v) is 15.0. The number of likely N-dealkylation sites (tertiary alicyclic amines) is 1. The molecule has 2 fully saturated rings. The van der Waals surface area contributed by atoms with Crippen LogP contribution < -0.4 is 5.32 Å². The lowest BCUT2D eigenvalue weighted by Crippen LogP contribution is -2.41. The molecule has 2 aliphatic rings. The van der Waals surface area contributed by atoms with E-state index in [0.29, 0.717) is 6.04 Å². The summed E-state index contributed by atoms with van der Waals surface area (Å²) < 4.78 is 5.41. The highest BCUT2D eigenvalue weighted by Crippen LogP contribution is 2.11. The molecule has 134 valence electrons. The van der Waals surface area contributed by atoms with Crippen LogP contribution in [0.15, 0.2) is 18.5 Å². The van der Waals surface area contributed by atoms with E-state index < -0.39 is 0 Å². The number of pyridine rings is 1. The van der Waals surface area contributed by atoms with Crippen molar-refractivity contribution in [2.45, 2.75) is 32.2 Å². The molecule has 0 saturated carbocycles. The van der Waals surface area contributed by atoms with Crippen LogP contribution in [0, 0.1) is 6.92 Å². The molecule has 3 heterocycles. The molecule has 5 nitrogen and oxygen atoms in total. The van der Waals surface area contributed by atoms with Crippen molar-refractivity contribution in [3.8, 4) is 0 Å². The Morgan fingerprint density at radius 1 is 1.21 bits per heavy atom. The Balaban J connectivity index is 1.27. The molecular formula is C19H32N4O. The minimum atomic E-state index is 0.671. The van der Waals surface area contributed by atoms with Crippen molar-refractivity contribution < 1.29 is 4.74 Å². The summed E-state index contributed by atoms with van der Waals surface area (Å²) in [4.78, 5) is 9.37. The van der Waals surface area contributed by atoms with Crippen molar-refractivity contribution in [1.29, 1.82) is 0 Å². The number of hydrogen-bond acceptors (Lipinski definition) is 5. The van der Waals surface area contributed by atoms with Gasteiger partial charge >= 0.3 is 0 Å². The quantitative estimate of drug-likeness (QED) is 0.727. The molecule has 1 unspecified atom stereocenters. The lowest BCUT2D eigenvalue weighted by atomic mass is 10.1. The van der Waals surface area contributed by atoms with E-state index >= 15 is 0 Å².